The first-order valence-electron chi connectivity index (χ1n) is 28.9. The van der Waals surface area contributed by atoms with Gasteiger partial charge in [-0.25, -0.2) is 0 Å². The number of thioether (sulfide) groups is 2. The summed E-state index contributed by atoms with van der Waals surface area (Å²) in [7, 11) is 2.31. The zero-order chi connectivity index (χ0) is 47.6. The molecule has 4 bridgehead atoms. The lowest BCUT2D eigenvalue weighted by atomic mass is 9.58. The van der Waals surface area contributed by atoms with E-state index >= 15 is 0 Å². The SMILES string of the molecule is CCCCCCC(CSCCCCCC(CCCCCSCC(CCCCCC)OC(=O)C1(CC)CC2CC(C)CC(C2)C1)N(C)CCCCO)OC(=O)C1(CC)CC2CC(C)CC(C2)C1. The predicted octanol–water partition coefficient (Wildman–Crippen LogP) is 15.9. The Morgan fingerprint density at radius 1 is 0.545 bits per heavy atom. The molecule has 8 heteroatoms. The standard InChI is InChI=1S/C58H107NO5S2/c1-8-12-14-20-28-53(63-55(61)57(10-3)40-48-34-46(5)35-49(38-48)41-57)44-65-32-24-16-18-26-52(59(7)30-22-23-31-60)27-19-17-25-33-66-45-54(29-21-15-13-9-2)64-56(62)58(11-4)42-50-36-47(6)37-51(39-50)43-58/h46-54,60H,8-45H2,1-7H3. The lowest BCUT2D eigenvalue weighted by Gasteiger charge is -2.47. The van der Waals surface area contributed by atoms with Gasteiger partial charge in [0.05, 0.1) is 10.8 Å². The van der Waals surface area contributed by atoms with Crippen molar-refractivity contribution in [1.29, 1.82) is 0 Å². The third-order valence-electron chi connectivity index (χ3n) is 17.3. The number of hydrogen-bond donors (Lipinski definition) is 1. The number of carbonyl (C=O) groups is 2. The highest BCUT2D eigenvalue weighted by atomic mass is 32.2. The minimum atomic E-state index is -0.249. The molecule has 4 rings (SSSR count). The first kappa shape index (κ1) is 58.1. The number of aliphatic hydroxyl groups is 1. The highest BCUT2D eigenvalue weighted by Gasteiger charge is 2.50. The van der Waals surface area contributed by atoms with E-state index in [0.29, 0.717) is 29.7 Å². The molecule has 6 atom stereocenters. The molecular weight excluding hydrogens is 855 g/mol. The molecule has 0 heterocycles. The Morgan fingerprint density at radius 2 is 0.939 bits per heavy atom. The molecule has 0 aromatic heterocycles. The van der Waals surface area contributed by atoms with Gasteiger partial charge in [0.2, 0.25) is 0 Å². The quantitative estimate of drug-likeness (QED) is 0.0488. The van der Waals surface area contributed by atoms with E-state index in [2.05, 4.69) is 53.5 Å². The van der Waals surface area contributed by atoms with Crippen molar-refractivity contribution in [2.24, 2.45) is 46.3 Å². The Hall–Kier alpha value is -0.440. The van der Waals surface area contributed by atoms with Gasteiger partial charge in [0.15, 0.2) is 0 Å². The molecule has 0 aromatic carbocycles. The van der Waals surface area contributed by atoms with Gasteiger partial charge >= 0.3 is 11.9 Å². The monoisotopic (exact) mass is 962 g/mol. The molecule has 6 unspecified atom stereocenters. The van der Waals surface area contributed by atoms with E-state index in [1.165, 1.54) is 128 Å². The normalized spacial score (nSPS) is 28.8. The van der Waals surface area contributed by atoms with Gasteiger partial charge in [-0.1, -0.05) is 106 Å². The molecule has 0 amide bonds. The van der Waals surface area contributed by atoms with Crippen LogP contribution in [0.1, 0.15) is 247 Å². The van der Waals surface area contributed by atoms with Crippen LogP contribution in [0.5, 0.6) is 0 Å². The smallest absolute Gasteiger partial charge is 0.312 e. The van der Waals surface area contributed by atoms with E-state index < -0.39 is 0 Å². The molecule has 1 N–H and O–H groups in total. The maximum absolute atomic E-state index is 14.0. The van der Waals surface area contributed by atoms with E-state index in [-0.39, 0.29) is 41.6 Å². The van der Waals surface area contributed by atoms with Gasteiger partial charge in [-0.2, -0.15) is 23.5 Å². The summed E-state index contributed by atoms with van der Waals surface area (Å²) in [4.78, 5) is 30.6. The summed E-state index contributed by atoms with van der Waals surface area (Å²) in [5.41, 5.74) is -0.499. The summed E-state index contributed by atoms with van der Waals surface area (Å²) >= 11 is 4.04. The zero-order valence-corrected chi connectivity index (χ0v) is 46.0. The molecule has 66 heavy (non-hydrogen) atoms. The highest BCUT2D eigenvalue weighted by molar-refractivity contribution is 7.99. The van der Waals surface area contributed by atoms with Crippen LogP contribution in [-0.4, -0.2) is 83.4 Å². The average molecular weight is 963 g/mol. The van der Waals surface area contributed by atoms with Crippen LogP contribution in [-0.2, 0) is 19.1 Å². The second kappa shape index (κ2) is 32.5. The molecule has 0 spiro atoms. The van der Waals surface area contributed by atoms with Gasteiger partial charge in [-0.05, 0) is 202 Å². The first-order valence-corrected chi connectivity index (χ1v) is 31.2. The molecule has 4 fully saturated rings. The van der Waals surface area contributed by atoms with Crippen LogP contribution in [0.25, 0.3) is 0 Å². The fourth-order valence-electron chi connectivity index (χ4n) is 13.7. The molecule has 0 saturated heterocycles. The Kier molecular flexibility index (Phi) is 28.6. The van der Waals surface area contributed by atoms with Crippen molar-refractivity contribution in [2.75, 3.05) is 43.2 Å². The molecule has 6 nitrogen and oxygen atoms in total. The van der Waals surface area contributed by atoms with E-state index in [0.717, 1.165) is 118 Å². The minimum absolute atomic E-state index is 0.0526. The number of carbonyl (C=O) groups excluding carboxylic acids is 2. The Labute approximate surface area is 417 Å². The van der Waals surface area contributed by atoms with Crippen molar-refractivity contribution in [3.05, 3.63) is 0 Å². The topological polar surface area (TPSA) is 76.1 Å². The third kappa shape index (κ3) is 20.4. The average Bonchev–Trinajstić information content (AvgIpc) is 3.29. The van der Waals surface area contributed by atoms with E-state index in [1.807, 2.05) is 23.5 Å². The third-order valence-corrected chi connectivity index (χ3v) is 19.7. The molecule has 0 aliphatic heterocycles. The fourth-order valence-corrected chi connectivity index (χ4v) is 15.9. The molecule has 4 aliphatic carbocycles. The number of fused-ring (bicyclic) bond motifs is 4. The largest absolute Gasteiger partial charge is 0.461 e. The summed E-state index contributed by atoms with van der Waals surface area (Å²) in [5, 5.41) is 9.46. The number of unbranched alkanes of at least 4 members (excludes halogenated alkanes) is 11. The lowest BCUT2D eigenvalue weighted by molar-refractivity contribution is -0.168. The van der Waals surface area contributed by atoms with Crippen molar-refractivity contribution in [2.45, 2.75) is 265 Å². The van der Waals surface area contributed by atoms with Gasteiger partial charge in [-0.3, -0.25) is 9.59 Å². The van der Waals surface area contributed by atoms with Gasteiger partial charge in [0.1, 0.15) is 12.2 Å². The van der Waals surface area contributed by atoms with Gasteiger partial charge in [0.25, 0.3) is 0 Å². The van der Waals surface area contributed by atoms with Crippen molar-refractivity contribution in [3.8, 4) is 0 Å². The van der Waals surface area contributed by atoms with Crippen LogP contribution >= 0.6 is 23.5 Å². The molecule has 0 radical (unpaired) electrons. The minimum Gasteiger partial charge on any atom is -0.461 e. The van der Waals surface area contributed by atoms with E-state index in [4.69, 9.17) is 9.47 Å². The number of hydrogen-bond acceptors (Lipinski definition) is 8. The predicted molar refractivity (Wildman–Crippen MR) is 286 cm³/mol. The molecular formula is C58H107NO5S2. The highest BCUT2D eigenvalue weighted by Crippen LogP contribution is 2.54. The number of esters is 2. The summed E-state index contributed by atoms with van der Waals surface area (Å²) < 4.78 is 13.1. The Balaban J connectivity index is 1.16. The Bertz CT molecular complexity index is 1170. The maximum Gasteiger partial charge on any atom is 0.312 e. The fraction of sp³-hybridized carbons (Fsp3) is 0.966. The van der Waals surface area contributed by atoms with E-state index in [1.54, 1.807) is 0 Å². The van der Waals surface area contributed by atoms with Gasteiger partial charge < -0.3 is 19.5 Å². The second-order valence-corrected chi connectivity index (χ2v) is 25.6. The lowest BCUT2D eigenvalue weighted by Crippen LogP contribution is -2.44. The number of rotatable bonds is 37. The first-order chi connectivity index (χ1) is 32.0. The van der Waals surface area contributed by atoms with Crippen LogP contribution in [0.3, 0.4) is 0 Å². The molecule has 0 aromatic rings. The van der Waals surface area contributed by atoms with Crippen LogP contribution in [0.2, 0.25) is 0 Å². The van der Waals surface area contributed by atoms with Crippen LogP contribution in [0.4, 0.5) is 0 Å². The van der Waals surface area contributed by atoms with Crippen LogP contribution in [0.15, 0.2) is 0 Å². The summed E-state index contributed by atoms with van der Waals surface area (Å²) in [6, 6.07) is 0.602. The second-order valence-electron chi connectivity index (χ2n) is 23.3. The summed E-state index contributed by atoms with van der Waals surface area (Å²) in [6.45, 7) is 15.2. The van der Waals surface area contributed by atoms with Crippen molar-refractivity contribution >= 4 is 35.5 Å². The zero-order valence-electron chi connectivity index (χ0n) is 44.4. The summed E-state index contributed by atoms with van der Waals surface area (Å²) in [6.07, 6.45) is 37.8. The number of aliphatic hydroxyl groups excluding tert-OH is 1. The number of nitrogens with zero attached hydrogens (tertiary/aromatic N) is 1. The van der Waals surface area contributed by atoms with Gasteiger partial charge in [-0.15, -0.1) is 0 Å². The number of ether oxygens (including phenoxy) is 2. The molecule has 386 valence electrons. The van der Waals surface area contributed by atoms with Crippen molar-refractivity contribution < 1.29 is 24.2 Å². The van der Waals surface area contributed by atoms with Crippen molar-refractivity contribution in [3.63, 3.8) is 0 Å². The Morgan fingerprint density at radius 3 is 1.32 bits per heavy atom. The molecule has 4 aliphatic rings. The summed E-state index contributed by atoms with van der Waals surface area (Å²) in [5.74, 6) is 8.91. The molecule has 4 saturated carbocycles. The van der Waals surface area contributed by atoms with Gasteiger partial charge in [0, 0.05) is 24.2 Å². The van der Waals surface area contributed by atoms with Crippen LogP contribution < -0.4 is 0 Å². The van der Waals surface area contributed by atoms with Crippen molar-refractivity contribution in [1.82, 2.24) is 4.90 Å². The maximum atomic E-state index is 14.0. The van der Waals surface area contributed by atoms with E-state index in [9.17, 15) is 14.7 Å². The van der Waals surface area contributed by atoms with Crippen LogP contribution in [0, 0.1) is 46.3 Å².